The Labute approximate surface area is 180 Å². The summed E-state index contributed by atoms with van der Waals surface area (Å²) in [5.41, 5.74) is 8.55. The molecule has 8 heteroatoms. The minimum Gasteiger partial charge on any atom is -0.387 e. The minimum atomic E-state index is -0.645. The average Bonchev–Trinajstić information content (AvgIpc) is 2.75. The first-order chi connectivity index (χ1) is 14.5. The molecule has 1 saturated heterocycles. The van der Waals surface area contributed by atoms with Gasteiger partial charge in [0.15, 0.2) is 0 Å². The number of hydrogen-bond donors (Lipinski definition) is 2. The highest BCUT2D eigenvalue weighted by atomic mass is 35.5. The van der Waals surface area contributed by atoms with E-state index in [0.717, 1.165) is 41.4 Å². The van der Waals surface area contributed by atoms with E-state index in [2.05, 4.69) is 19.8 Å². The quantitative estimate of drug-likeness (QED) is 0.585. The lowest BCUT2D eigenvalue weighted by Gasteiger charge is -2.39. The van der Waals surface area contributed by atoms with Crippen LogP contribution in [0.5, 0.6) is 0 Å². The number of fused-ring (bicyclic) bond motifs is 1. The van der Waals surface area contributed by atoms with Crippen LogP contribution in [-0.2, 0) is 11.3 Å². The molecule has 30 heavy (non-hydrogen) atoms. The second-order valence-electron chi connectivity index (χ2n) is 7.61. The fraction of sp³-hybridized carbons (Fsp3) is 0.318. The number of nitrogens with zero attached hydrogens (tertiary/aromatic N) is 4. The van der Waals surface area contributed by atoms with E-state index < -0.39 is 6.10 Å². The molecule has 0 aliphatic carbocycles. The predicted octanol–water partition coefficient (Wildman–Crippen LogP) is 2.28. The van der Waals surface area contributed by atoms with Crippen molar-refractivity contribution in [3.63, 3.8) is 0 Å². The molecule has 2 atom stereocenters. The number of β-amino-alcohol motifs (C(OH)–C–C–N with tert-alkyl or cyclic N) is 1. The van der Waals surface area contributed by atoms with Gasteiger partial charge in [-0.2, -0.15) is 0 Å². The number of piperazine rings is 1. The van der Waals surface area contributed by atoms with Crippen molar-refractivity contribution in [2.75, 3.05) is 31.9 Å². The lowest BCUT2D eigenvalue weighted by atomic mass is 10.1. The van der Waals surface area contributed by atoms with Gasteiger partial charge in [-0.05, 0) is 35.4 Å². The Morgan fingerprint density at radius 3 is 2.90 bits per heavy atom. The number of aldehydes is 1. The number of halogens is 1. The SMILES string of the molecule is Nc1ncnc2cc(CN3CCN(C[C@@H](O)c4cccc(Cl)c4)CC3C=O)ccc12. The van der Waals surface area contributed by atoms with Gasteiger partial charge in [-0.1, -0.05) is 29.8 Å². The van der Waals surface area contributed by atoms with Crippen molar-refractivity contribution in [1.82, 2.24) is 19.8 Å². The second-order valence-corrected chi connectivity index (χ2v) is 8.05. The normalized spacial score (nSPS) is 19.1. The summed E-state index contributed by atoms with van der Waals surface area (Å²) in [4.78, 5) is 24.4. The topological polar surface area (TPSA) is 95.6 Å². The summed E-state index contributed by atoms with van der Waals surface area (Å²) in [5.74, 6) is 0.462. The van der Waals surface area contributed by atoms with Crippen LogP contribution in [0.1, 0.15) is 17.2 Å². The van der Waals surface area contributed by atoms with Gasteiger partial charge in [-0.3, -0.25) is 9.80 Å². The summed E-state index contributed by atoms with van der Waals surface area (Å²) in [7, 11) is 0. The van der Waals surface area contributed by atoms with E-state index in [-0.39, 0.29) is 6.04 Å². The third-order valence-corrected chi connectivity index (χ3v) is 5.79. The number of carbonyl (C=O) groups is 1. The predicted molar refractivity (Wildman–Crippen MR) is 117 cm³/mol. The number of hydrogen-bond acceptors (Lipinski definition) is 7. The van der Waals surface area contributed by atoms with Gasteiger partial charge in [0.25, 0.3) is 0 Å². The van der Waals surface area contributed by atoms with Crippen molar-refractivity contribution in [1.29, 1.82) is 0 Å². The molecule has 156 valence electrons. The number of rotatable bonds is 6. The van der Waals surface area contributed by atoms with Crippen LogP contribution in [0, 0.1) is 0 Å². The van der Waals surface area contributed by atoms with Crippen LogP contribution < -0.4 is 5.73 Å². The molecule has 3 aromatic rings. The van der Waals surface area contributed by atoms with Gasteiger partial charge in [0, 0.05) is 43.1 Å². The monoisotopic (exact) mass is 425 g/mol. The lowest BCUT2D eigenvalue weighted by Crippen LogP contribution is -2.54. The first-order valence-corrected chi connectivity index (χ1v) is 10.3. The highest BCUT2D eigenvalue weighted by Gasteiger charge is 2.28. The number of anilines is 1. The molecule has 0 bridgehead atoms. The summed E-state index contributed by atoms with van der Waals surface area (Å²) in [6.45, 7) is 3.18. The number of nitrogen functional groups attached to an aromatic ring is 1. The first kappa shape index (κ1) is 20.7. The summed E-state index contributed by atoms with van der Waals surface area (Å²) in [6, 6.07) is 12.9. The van der Waals surface area contributed by atoms with Crippen LogP contribution in [0.15, 0.2) is 48.8 Å². The molecule has 4 rings (SSSR count). The van der Waals surface area contributed by atoms with Gasteiger partial charge in [0.2, 0.25) is 0 Å². The largest absolute Gasteiger partial charge is 0.387 e. The zero-order valence-electron chi connectivity index (χ0n) is 16.5. The van der Waals surface area contributed by atoms with Crippen molar-refractivity contribution in [3.05, 3.63) is 64.9 Å². The second kappa shape index (κ2) is 9.06. The highest BCUT2D eigenvalue weighted by molar-refractivity contribution is 6.30. The molecule has 1 unspecified atom stereocenters. The summed E-state index contributed by atoms with van der Waals surface area (Å²) >= 11 is 6.03. The molecule has 0 saturated carbocycles. The Kier molecular flexibility index (Phi) is 6.24. The van der Waals surface area contributed by atoms with Gasteiger partial charge in [0.05, 0.1) is 17.7 Å². The maximum Gasteiger partial charge on any atom is 0.138 e. The molecule has 7 nitrogen and oxygen atoms in total. The van der Waals surface area contributed by atoms with Gasteiger partial charge >= 0.3 is 0 Å². The van der Waals surface area contributed by atoms with E-state index in [9.17, 15) is 9.90 Å². The lowest BCUT2D eigenvalue weighted by molar-refractivity contribution is -0.115. The molecular weight excluding hydrogens is 402 g/mol. The molecule has 1 aliphatic heterocycles. The van der Waals surface area contributed by atoms with E-state index in [4.69, 9.17) is 17.3 Å². The summed E-state index contributed by atoms with van der Waals surface area (Å²) in [6.07, 6.45) is 1.80. The Balaban J connectivity index is 1.40. The number of carbonyl (C=O) groups excluding carboxylic acids is 1. The maximum absolute atomic E-state index is 11.8. The molecule has 1 fully saturated rings. The van der Waals surface area contributed by atoms with E-state index in [0.29, 0.717) is 30.5 Å². The Morgan fingerprint density at radius 2 is 2.10 bits per heavy atom. The molecule has 2 aromatic carbocycles. The van der Waals surface area contributed by atoms with Crippen LogP contribution in [0.25, 0.3) is 10.9 Å². The molecular formula is C22H24ClN5O2. The van der Waals surface area contributed by atoms with Gasteiger partial charge in [-0.15, -0.1) is 0 Å². The van der Waals surface area contributed by atoms with Crippen molar-refractivity contribution < 1.29 is 9.90 Å². The fourth-order valence-corrected chi connectivity index (χ4v) is 4.12. The van der Waals surface area contributed by atoms with Crippen molar-refractivity contribution in [3.8, 4) is 0 Å². The van der Waals surface area contributed by atoms with E-state index in [1.807, 2.05) is 30.3 Å². The minimum absolute atomic E-state index is 0.239. The third kappa shape index (κ3) is 4.60. The van der Waals surface area contributed by atoms with Crippen LogP contribution >= 0.6 is 11.6 Å². The molecule has 1 aromatic heterocycles. The molecule has 1 aliphatic rings. The van der Waals surface area contributed by atoms with E-state index in [1.165, 1.54) is 6.33 Å². The molecule has 0 radical (unpaired) electrons. The standard InChI is InChI=1S/C22H24ClN5O2/c23-17-3-1-2-16(9-17)21(30)12-27-6-7-28(18(11-27)13-29)10-15-4-5-19-20(8-15)25-14-26-22(19)24/h1-5,8-9,13-14,18,21,30H,6-7,10-12H2,(H2,24,25,26)/t18?,21-/m1/s1. The van der Waals surface area contributed by atoms with Crippen molar-refractivity contribution in [2.24, 2.45) is 0 Å². The van der Waals surface area contributed by atoms with Crippen LogP contribution in [0.4, 0.5) is 5.82 Å². The Bertz CT molecular complexity index is 1050. The average molecular weight is 426 g/mol. The fourth-order valence-electron chi connectivity index (χ4n) is 3.92. The van der Waals surface area contributed by atoms with Gasteiger partial charge < -0.3 is 15.6 Å². The number of aliphatic hydroxyl groups is 1. The third-order valence-electron chi connectivity index (χ3n) is 5.56. The molecule has 0 amide bonds. The maximum atomic E-state index is 11.8. The number of aromatic nitrogens is 2. The van der Waals surface area contributed by atoms with E-state index in [1.54, 1.807) is 12.1 Å². The van der Waals surface area contributed by atoms with Crippen molar-refractivity contribution in [2.45, 2.75) is 18.7 Å². The zero-order chi connectivity index (χ0) is 21.1. The Hall–Kier alpha value is -2.58. The van der Waals surface area contributed by atoms with Crippen molar-refractivity contribution >= 4 is 34.6 Å². The van der Waals surface area contributed by atoms with E-state index >= 15 is 0 Å². The number of nitrogens with two attached hydrogens (primary N) is 1. The summed E-state index contributed by atoms with van der Waals surface area (Å²) < 4.78 is 0. The Morgan fingerprint density at radius 1 is 1.23 bits per heavy atom. The molecule has 3 N–H and O–H groups in total. The number of aliphatic hydroxyl groups excluding tert-OH is 1. The number of benzene rings is 2. The smallest absolute Gasteiger partial charge is 0.138 e. The summed E-state index contributed by atoms with van der Waals surface area (Å²) in [5, 5.41) is 12.0. The van der Waals surface area contributed by atoms with Crippen LogP contribution in [-0.4, -0.2) is 63.4 Å². The first-order valence-electron chi connectivity index (χ1n) is 9.88. The van der Waals surface area contributed by atoms with Gasteiger partial charge in [-0.25, -0.2) is 9.97 Å². The molecule has 2 heterocycles. The van der Waals surface area contributed by atoms with Crippen LogP contribution in [0.3, 0.4) is 0 Å². The zero-order valence-corrected chi connectivity index (χ0v) is 17.2. The van der Waals surface area contributed by atoms with Gasteiger partial charge in [0.1, 0.15) is 18.4 Å². The molecule has 0 spiro atoms. The highest BCUT2D eigenvalue weighted by Crippen LogP contribution is 2.22. The van der Waals surface area contributed by atoms with Crippen LogP contribution in [0.2, 0.25) is 5.02 Å².